The molecule has 1 heterocycles. The highest BCUT2D eigenvalue weighted by Gasteiger charge is 2.31. The van der Waals surface area contributed by atoms with Gasteiger partial charge in [0.15, 0.2) is 11.4 Å². The highest BCUT2D eigenvalue weighted by molar-refractivity contribution is 6.06. The molecule has 1 aliphatic rings. The molecule has 2 aromatic carbocycles. The molecule has 0 bridgehead atoms. The van der Waals surface area contributed by atoms with Crippen molar-refractivity contribution in [2.24, 2.45) is 5.92 Å². The van der Waals surface area contributed by atoms with Gasteiger partial charge in [0, 0.05) is 16.3 Å². The van der Waals surface area contributed by atoms with Crippen LogP contribution in [0.1, 0.15) is 50.2 Å². The second-order valence-electron chi connectivity index (χ2n) is 7.27. The molecule has 3 aromatic rings. The molecule has 1 atom stereocenters. The fraction of sp³-hybridized carbons (Fsp3) is 0.364. The molecule has 1 nitrogen and oxygen atoms in total. The minimum atomic E-state index is -4.46. The monoisotopic (exact) mass is 376 g/mol. The van der Waals surface area contributed by atoms with Gasteiger partial charge in [0.1, 0.15) is 5.58 Å². The van der Waals surface area contributed by atoms with Gasteiger partial charge >= 0.3 is 6.18 Å². The summed E-state index contributed by atoms with van der Waals surface area (Å²) in [6.07, 6.45) is 2.74. The summed E-state index contributed by atoms with van der Waals surface area (Å²) in [5.41, 5.74) is 0.729. The van der Waals surface area contributed by atoms with Crippen LogP contribution < -0.4 is 0 Å². The Morgan fingerprint density at radius 2 is 1.89 bits per heavy atom. The highest BCUT2D eigenvalue weighted by atomic mass is 19.4. The molecule has 0 amide bonds. The van der Waals surface area contributed by atoms with Crippen molar-refractivity contribution in [1.29, 1.82) is 0 Å². The van der Waals surface area contributed by atoms with E-state index in [9.17, 15) is 13.2 Å². The Labute approximate surface area is 154 Å². The zero-order valence-electron chi connectivity index (χ0n) is 15.0. The van der Waals surface area contributed by atoms with Crippen molar-refractivity contribution in [1.82, 2.24) is 0 Å². The van der Waals surface area contributed by atoms with E-state index >= 15 is 4.39 Å². The first-order valence-corrected chi connectivity index (χ1v) is 9.30. The van der Waals surface area contributed by atoms with E-state index in [4.69, 9.17) is 4.42 Å². The Bertz CT molecular complexity index is 1030. The maximum Gasteiger partial charge on any atom is 0.416 e. The summed E-state index contributed by atoms with van der Waals surface area (Å²) in [6, 6.07) is 6.74. The van der Waals surface area contributed by atoms with E-state index in [2.05, 4.69) is 13.0 Å². The summed E-state index contributed by atoms with van der Waals surface area (Å²) in [7, 11) is 0. The molecule has 1 aromatic heterocycles. The Balaban J connectivity index is 1.77. The molecule has 0 N–H and O–H groups in total. The van der Waals surface area contributed by atoms with Crippen molar-refractivity contribution in [3.05, 3.63) is 53.4 Å². The third-order valence-electron chi connectivity index (χ3n) is 5.47. The van der Waals surface area contributed by atoms with Gasteiger partial charge in [0.05, 0.1) is 5.56 Å². The fourth-order valence-electron chi connectivity index (χ4n) is 4.04. The van der Waals surface area contributed by atoms with E-state index in [0.29, 0.717) is 22.3 Å². The molecule has 5 heteroatoms. The van der Waals surface area contributed by atoms with Gasteiger partial charge in [-0.15, -0.1) is 0 Å². The summed E-state index contributed by atoms with van der Waals surface area (Å²) < 4.78 is 59.4. The van der Waals surface area contributed by atoms with Crippen LogP contribution in [0.5, 0.6) is 0 Å². The van der Waals surface area contributed by atoms with Gasteiger partial charge < -0.3 is 4.42 Å². The molecule has 27 heavy (non-hydrogen) atoms. The molecule has 0 fully saturated rings. The number of furan rings is 1. The van der Waals surface area contributed by atoms with Crippen molar-refractivity contribution in [3.63, 3.8) is 0 Å². The summed E-state index contributed by atoms with van der Waals surface area (Å²) in [5, 5.41) is 0.990. The standard InChI is InChI=1S/C22H20F4O/c1-2-3-13-4-6-14(7-5-13)16-10-11-18-17-9-8-15(22(24,25)26)12-19(17)27-21(18)20(16)23/h6,8-13H,2-5,7H2,1H3. The number of allylic oxidation sites excluding steroid dienone is 2. The zero-order chi connectivity index (χ0) is 19.2. The lowest BCUT2D eigenvalue weighted by molar-refractivity contribution is -0.137. The molecule has 0 radical (unpaired) electrons. The average molecular weight is 376 g/mol. The van der Waals surface area contributed by atoms with Crippen molar-refractivity contribution in [3.8, 4) is 0 Å². The number of rotatable bonds is 3. The molecule has 0 spiro atoms. The number of halogens is 4. The lowest BCUT2D eigenvalue weighted by Gasteiger charge is -2.21. The second kappa shape index (κ2) is 6.70. The van der Waals surface area contributed by atoms with Crippen LogP contribution in [0.3, 0.4) is 0 Å². The first kappa shape index (κ1) is 18.1. The van der Waals surface area contributed by atoms with Gasteiger partial charge in [0.2, 0.25) is 0 Å². The predicted molar refractivity (Wildman–Crippen MR) is 98.9 cm³/mol. The molecule has 0 aliphatic heterocycles. The highest BCUT2D eigenvalue weighted by Crippen LogP contribution is 2.39. The van der Waals surface area contributed by atoms with Gasteiger partial charge in [-0.05, 0) is 55.0 Å². The van der Waals surface area contributed by atoms with Crippen LogP contribution in [0, 0.1) is 11.7 Å². The van der Waals surface area contributed by atoms with Crippen molar-refractivity contribution < 1.29 is 22.0 Å². The zero-order valence-corrected chi connectivity index (χ0v) is 15.0. The molecule has 142 valence electrons. The number of benzene rings is 2. The van der Waals surface area contributed by atoms with Gasteiger partial charge in [-0.1, -0.05) is 31.9 Å². The van der Waals surface area contributed by atoms with Gasteiger partial charge in [-0.2, -0.15) is 13.2 Å². The van der Waals surface area contributed by atoms with Crippen LogP contribution in [0.4, 0.5) is 17.6 Å². The van der Waals surface area contributed by atoms with E-state index in [1.165, 1.54) is 12.5 Å². The molecule has 1 unspecified atom stereocenters. The van der Waals surface area contributed by atoms with E-state index in [0.717, 1.165) is 43.4 Å². The van der Waals surface area contributed by atoms with Gasteiger partial charge in [0.25, 0.3) is 0 Å². The van der Waals surface area contributed by atoms with Crippen LogP contribution in [-0.2, 0) is 6.18 Å². The third-order valence-corrected chi connectivity index (χ3v) is 5.47. The van der Waals surface area contributed by atoms with E-state index in [1.807, 2.05) is 0 Å². The van der Waals surface area contributed by atoms with Gasteiger partial charge in [-0.25, -0.2) is 4.39 Å². The van der Waals surface area contributed by atoms with Crippen LogP contribution in [-0.4, -0.2) is 0 Å². The smallest absolute Gasteiger partial charge is 0.416 e. The second-order valence-corrected chi connectivity index (χ2v) is 7.27. The number of fused-ring (bicyclic) bond motifs is 3. The van der Waals surface area contributed by atoms with E-state index < -0.39 is 17.6 Å². The largest absolute Gasteiger partial charge is 0.453 e. The predicted octanol–water partition coefficient (Wildman–Crippen LogP) is 7.73. The SMILES string of the molecule is CCCC1CC=C(c2ccc3c(oc4cc(C(F)(F)F)ccc43)c2F)CC1. The summed E-state index contributed by atoms with van der Waals surface area (Å²) in [5.74, 6) is 0.162. The van der Waals surface area contributed by atoms with Gasteiger partial charge in [-0.3, -0.25) is 0 Å². The Morgan fingerprint density at radius 3 is 2.56 bits per heavy atom. The summed E-state index contributed by atoms with van der Waals surface area (Å²) in [6.45, 7) is 2.17. The molecular weight excluding hydrogens is 356 g/mol. The number of hydrogen-bond donors (Lipinski definition) is 0. The van der Waals surface area contributed by atoms with Crippen molar-refractivity contribution in [2.45, 2.75) is 45.2 Å². The summed E-state index contributed by atoms with van der Waals surface area (Å²) in [4.78, 5) is 0. The van der Waals surface area contributed by atoms with E-state index in [-0.39, 0.29) is 11.2 Å². The molecule has 0 saturated heterocycles. The maximum absolute atomic E-state index is 15.1. The topological polar surface area (TPSA) is 13.1 Å². The minimum absolute atomic E-state index is 0.0263. The Kier molecular flexibility index (Phi) is 4.49. The fourth-order valence-corrected chi connectivity index (χ4v) is 4.04. The lowest BCUT2D eigenvalue weighted by Crippen LogP contribution is -2.05. The quantitative estimate of drug-likeness (QED) is 0.426. The maximum atomic E-state index is 15.1. The first-order valence-electron chi connectivity index (χ1n) is 9.30. The molecule has 0 saturated carbocycles. The Morgan fingerprint density at radius 1 is 1.11 bits per heavy atom. The van der Waals surface area contributed by atoms with Crippen molar-refractivity contribution in [2.75, 3.05) is 0 Å². The van der Waals surface area contributed by atoms with Crippen molar-refractivity contribution >= 4 is 27.5 Å². The number of hydrogen-bond acceptors (Lipinski definition) is 1. The molecular formula is C22H20F4O. The van der Waals surface area contributed by atoms with E-state index in [1.54, 1.807) is 12.1 Å². The minimum Gasteiger partial charge on any atom is -0.453 e. The molecule has 1 aliphatic carbocycles. The Hall–Kier alpha value is -2.30. The van der Waals surface area contributed by atoms with Crippen LogP contribution in [0.15, 0.2) is 40.8 Å². The number of alkyl halides is 3. The van der Waals surface area contributed by atoms with Crippen LogP contribution in [0.25, 0.3) is 27.5 Å². The summed E-state index contributed by atoms with van der Waals surface area (Å²) >= 11 is 0. The first-order chi connectivity index (χ1) is 12.9. The lowest BCUT2D eigenvalue weighted by atomic mass is 9.84. The molecule has 4 rings (SSSR count). The van der Waals surface area contributed by atoms with Crippen LogP contribution >= 0.6 is 0 Å². The van der Waals surface area contributed by atoms with Crippen LogP contribution in [0.2, 0.25) is 0 Å². The average Bonchev–Trinajstić information content (AvgIpc) is 3.01. The normalized spacial score (nSPS) is 18.3. The third kappa shape index (κ3) is 3.24.